The summed E-state index contributed by atoms with van der Waals surface area (Å²) in [5.41, 5.74) is 0. The van der Waals surface area contributed by atoms with Crippen LogP contribution in [0.5, 0.6) is 0 Å². The summed E-state index contributed by atoms with van der Waals surface area (Å²) in [6.45, 7) is 9.37. The fraction of sp³-hybridized carbons (Fsp3) is 0.906. The maximum atomic E-state index is 2.61. The third-order valence-electron chi connectivity index (χ3n) is 7.60. The van der Waals surface area contributed by atoms with Crippen LogP contribution in [0.2, 0.25) is 0 Å². The minimum absolute atomic E-state index is 1.22. The average molecular weight is 476 g/mol. The Bertz CT molecular complexity index is 533. The van der Waals surface area contributed by atoms with Crippen molar-refractivity contribution in [1.82, 2.24) is 4.57 Å². The molecule has 2 nitrogen and oxygen atoms in total. The zero-order valence-electron chi connectivity index (χ0n) is 23.9. The summed E-state index contributed by atoms with van der Waals surface area (Å²) in [5.74, 6) is 1.61. The molecule has 0 radical (unpaired) electrons. The molecule has 200 valence electrons. The van der Waals surface area contributed by atoms with E-state index in [9.17, 15) is 0 Å². The van der Waals surface area contributed by atoms with E-state index < -0.39 is 0 Å². The van der Waals surface area contributed by atoms with E-state index in [1.54, 1.807) is 5.82 Å². The van der Waals surface area contributed by atoms with Crippen LogP contribution in [0.3, 0.4) is 0 Å². The number of aromatic nitrogens is 2. The third-order valence-corrected chi connectivity index (χ3v) is 7.60. The molecular formula is C32H63N2+. The topological polar surface area (TPSA) is 8.81 Å². The lowest BCUT2D eigenvalue weighted by molar-refractivity contribution is -0.704. The molecule has 0 aliphatic rings. The summed E-state index contributed by atoms with van der Waals surface area (Å²) in [7, 11) is 0. The van der Waals surface area contributed by atoms with E-state index in [0.717, 1.165) is 0 Å². The number of nitrogens with zero attached hydrogens (tertiary/aromatic N) is 2. The summed E-state index contributed by atoms with van der Waals surface area (Å²) >= 11 is 0. The van der Waals surface area contributed by atoms with Crippen molar-refractivity contribution in [2.24, 2.45) is 0 Å². The van der Waals surface area contributed by atoms with Crippen molar-refractivity contribution < 1.29 is 4.57 Å². The van der Waals surface area contributed by atoms with E-state index in [4.69, 9.17) is 0 Å². The first kappa shape index (κ1) is 31.2. The van der Waals surface area contributed by atoms with Crippen LogP contribution in [-0.4, -0.2) is 4.57 Å². The highest BCUT2D eigenvalue weighted by Gasteiger charge is 2.16. The van der Waals surface area contributed by atoms with Crippen LogP contribution in [0.4, 0.5) is 0 Å². The second-order valence-corrected chi connectivity index (χ2v) is 10.9. The molecule has 34 heavy (non-hydrogen) atoms. The van der Waals surface area contributed by atoms with Gasteiger partial charge in [-0.05, 0) is 32.1 Å². The normalized spacial score (nSPS) is 11.5. The molecule has 0 aromatic carbocycles. The van der Waals surface area contributed by atoms with Crippen molar-refractivity contribution >= 4 is 0 Å². The third kappa shape index (κ3) is 16.8. The van der Waals surface area contributed by atoms with Crippen LogP contribution in [0, 0.1) is 0 Å². The zero-order chi connectivity index (χ0) is 24.5. The number of hydrogen-bond acceptors (Lipinski definition) is 0. The molecule has 0 atom stereocenters. The van der Waals surface area contributed by atoms with Gasteiger partial charge in [0.2, 0.25) is 0 Å². The van der Waals surface area contributed by atoms with Crippen molar-refractivity contribution in [2.45, 2.75) is 188 Å². The van der Waals surface area contributed by atoms with Gasteiger partial charge in [0.15, 0.2) is 0 Å². The Kier molecular flexibility index (Phi) is 22.0. The van der Waals surface area contributed by atoms with E-state index in [-0.39, 0.29) is 0 Å². The number of aryl methyl sites for hydroxylation is 2. The van der Waals surface area contributed by atoms with Gasteiger partial charge in [-0.1, -0.05) is 136 Å². The van der Waals surface area contributed by atoms with Gasteiger partial charge in [0.05, 0.1) is 13.1 Å². The van der Waals surface area contributed by atoms with Gasteiger partial charge < -0.3 is 0 Å². The summed E-state index contributed by atoms with van der Waals surface area (Å²) in [5, 5.41) is 0. The van der Waals surface area contributed by atoms with Crippen LogP contribution >= 0.6 is 0 Å². The second-order valence-electron chi connectivity index (χ2n) is 10.9. The molecule has 2 heteroatoms. The molecule has 0 amide bonds. The zero-order valence-corrected chi connectivity index (χ0v) is 23.9. The van der Waals surface area contributed by atoms with Crippen molar-refractivity contribution in [2.75, 3.05) is 0 Å². The predicted molar refractivity (Wildman–Crippen MR) is 152 cm³/mol. The molecule has 0 saturated carbocycles. The van der Waals surface area contributed by atoms with Gasteiger partial charge in [0.1, 0.15) is 12.4 Å². The van der Waals surface area contributed by atoms with E-state index in [1.807, 2.05) is 0 Å². The van der Waals surface area contributed by atoms with Gasteiger partial charge in [0, 0.05) is 6.42 Å². The first-order chi connectivity index (χ1) is 16.8. The Hall–Kier alpha value is -0.790. The highest BCUT2D eigenvalue weighted by atomic mass is 15.1. The van der Waals surface area contributed by atoms with Crippen molar-refractivity contribution in [1.29, 1.82) is 0 Å². The maximum absolute atomic E-state index is 2.61. The first-order valence-electron chi connectivity index (χ1n) is 15.9. The van der Waals surface area contributed by atoms with Crippen LogP contribution < -0.4 is 4.57 Å². The minimum atomic E-state index is 1.22. The van der Waals surface area contributed by atoms with Gasteiger partial charge in [-0.15, -0.1) is 0 Å². The van der Waals surface area contributed by atoms with E-state index in [0.29, 0.717) is 0 Å². The lowest BCUT2D eigenvalue weighted by atomic mass is 10.1. The quantitative estimate of drug-likeness (QED) is 0.0930. The van der Waals surface area contributed by atoms with E-state index in [1.165, 1.54) is 167 Å². The SMILES string of the molecule is CCCCCCCCCCCCc1n(CCCCCC)cc[n+]1CCCCCCCCCCC. The fourth-order valence-corrected chi connectivity index (χ4v) is 5.26. The van der Waals surface area contributed by atoms with Crippen molar-refractivity contribution in [3.05, 3.63) is 18.2 Å². The number of unbranched alkanes of at least 4 members (excludes halogenated alkanes) is 20. The Morgan fingerprint density at radius 3 is 1.41 bits per heavy atom. The summed E-state index contributed by atoms with van der Waals surface area (Å²) in [6, 6.07) is 0. The molecule has 0 spiro atoms. The summed E-state index contributed by atoms with van der Waals surface area (Å²) in [6.07, 6.45) is 38.5. The van der Waals surface area contributed by atoms with Gasteiger partial charge in [-0.3, -0.25) is 0 Å². The Morgan fingerprint density at radius 1 is 0.500 bits per heavy atom. The van der Waals surface area contributed by atoms with E-state index in [2.05, 4.69) is 42.3 Å². The second kappa shape index (κ2) is 23.9. The first-order valence-corrected chi connectivity index (χ1v) is 15.9. The molecule has 1 aromatic heterocycles. The van der Waals surface area contributed by atoms with Crippen LogP contribution in [0.15, 0.2) is 12.4 Å². The Balaban J connectivity index is 2.30. The molecule has 0 bridgehead atoms. The fourth-order valence-electron chi connectivity index (χ4n) is 5.26. The minimum Gasteiger partial charge on any atom is -0.234 e. The molecule has 1 heterocycles. The monoisotopic (exact) mass is 475 g/mol. The molecule has 1 rings (SSSR count). The number of hydrogen-bond donors (Lipinski definition) is 0. The average Bonchev–Trinajstić information content (AvgIpc) is 3.23. The van der Waals surface area contributed by atoms with Crippen LogP contribution in [0.25, 0.3) is 0 Å². The molecule has 1 aromatic rings. The smallest absolute Gasteiger partial charge is 0.234 e. The number of rotatable bonds is 26. The van der Waals surface area contributed by atoms with Crippen LogP contribution in [-0.2, 0) is 19.5 Å². The van der Waals surface area contributed by atoms with Crippen molar-refractivity contribution in [3.8, 4) is 0 Å². The molecule has 0 fully saturated rings. The molecule has 0 aliphatic carbocycles. The lowest BCUT2D eigenvalue weighted by Crippen LogP contribution is -2.37. The lowest BCUT2D eigenvalue weighted by Gasteiger charge is -2.07. The highest BCUT2D eigenvalue weighted by molar-refractivity contribution is 4.84. The molecule has 0 unspecified atom stereocenters. The molecular weight excluding hydrogens is 412 g/mol. The standard InChI is InChI=1S/C32H63N2/c1-4-7-10-13-15-17-18-20-22-24-27-32-33(28-25-12-9-6-3)30-31-34(32)29-26-23-21-19-16-14-11-8-5-2/h30-31H,4-29H2,1-3H3/q+1. The van der Waals surface area contributed by atoms with Gasteiger partial charge in [-0.25, -0.2) is 9.13 Å². The molecule has 0 saturated heterocycles. The predicted octanol–water partition coefficient (Wildman–Crippen LogP) is 10.4. The Morgan fingerprint density at radius 2 is 0.912 bits per heavy atom. The Labute approximate surface area is 215 Å². The molecule has 0 aliphatic heterocycles. The van der Waals surface area contributed by atoms with Crippen molar-refractivity contribution in [3.63, 3.8) is 0 Å². The highest BCUT2D eigenvalue weighted by Crippen LogP contribution is 2.13. The van der Waals surface area contributed by atoms with Crippen LogP contribution in [0.1, 0.15) is 174 Å². The summed E-state index contributed by atoms with van der Waals surface area (Å²) in [4.78, 5) is 0. The van der Waals surface area contributed by atoms with Gasteiger partial charge in [-0.2, -0.15) is 0 Å². The number of imidazole rings is 1. The maximum Gasteiger partial charge on any atom is 0.256 e. The van der Waals surface area contributed by atoms with Gasteiger partial charge in [0.25, 0.3) is 5.82 Å². The largest absolute Gasteiger partial charge is 0.256 e. The van der Waals surface area contributed by atoms with E-state index >= 15 is 0 Å². The summed E-state index contributed by atoms with van der Waals surface area (Å²) < 4.78 is 5.20. The molecule has 0 N–H and O–H groups in total. The van der Waals surface area contributed by atoms with Gasteiger partial charge >= 0.3 is 0 Å².